The van der Waals surface area contributed by atoms with Gasteiger partial charge in [-0.05, 0) is 26.0 Å². The lowest BCUT2D eigenvalue weighted by Gasteiger charge is -2.14. The van der Waals surface area contributed by atoms with Gasteiger partial charge >= 0.3 is 0 Å². The summed E-state index contributed by atoms with van der Waals surface area (Å²) in [6, 6.07) is 7.07. The van der Waals surface area contributed by atoms with E-state index in [1.807, 2.05) is 32.0 Å². The van der Waals surface area contributed by atoms with Gasteiger partial charge in [-0.2, -0.15) is 0 Å². The third kappa shape index (κ3) is 3.71. The highest BCUT2D eigenvalue weighted by Gasteiger charge is 2.17. The van der Waals surface area contributed by atoms with Crippen LogP contribution in [0.15, 0.2) is 36.9 Å². The maximum Gasteiger partial charge on any atom is 0.183 e. The Bertz CT molecular complexity index is 388. The van der Waals surface area contributed by atoms with Crippen molar-refractivity contribution in [3.63, 3.8) is 0 Å². The summed E-state index contributed by atoms with van der Waals surface area (Å²) in [5.41, 5.74) is 0.624. The van der Waals surface area contributed by atoms with Crippen molar-refractivity contribution in [1.29, 1.82) is 0 Å². The summed E-state index contributed by atoms with van der Waals surface area (Å²) < 4.78 is 5.44. The number of carbonyl (C=O) groups excluding carboxylic acids is 1. The van der Waals surface area contributed by atoms with E-state index in [1.165, 1.54) is 0 Å². The van der Waals surface area contributed by atoms with Gasteiger partial charge in [0.25, 0.3) is 0 Å². The average molecular weight is 233 g/mol. The summed E-state index contributed by atoms with van der Waals surface area (Å²) in [5, 5.41) is 3.08. The van der Waals surface area contributed by atoms with Crippen molar-refractivity contribution in [3.05, 3.63) is 42.5 Å². The first-order valence-electron chi connectivity index (χ1n) is 5.81. The molecular weight excluding hydrogens is 214 g/mol. The summed E-state index contributed by atoms with van der Waals surface area (Å²) in [5.74, 6) is 0.683. The third-order valence-electron chi connectivity index (χ3n) is 2.41. The van der Waals surface area contributed by atoms with Gasteiger partial charge < -0.3 is 10.1 Å². The highest BCUT2D eigenvalue weighted by atomic mass is 16.5. The minimum absolute atomic E-state index is 0.0379. The van der Waals surface area contributed by atoms with Crippen molar-refractivity contribution in [2.45, 2.75) is 19.9 Å². The molecule has 3 heteroatoms. The van der Waals surface area contributed by atoms with Crippen molar-refractivity contribution < 1.29 is 9.53 Å². The number of nitrogens with one attached hydrogen (secondary N) is 1. The molecule has 1 rings (SSSR count). The molecule has 0 amide bonds. The largest absolute Gasteiger partial charge is 0.493 e. The van der Waals surface area contributed by atoms with Gasteiger partial charge in [-0.3, -0.25) is 4.79 Å². The van der Waals surface area contributed by atoms with Crippen molar-refractivity contribution >= 4 is 5.78 Å². The number of hydrogen-bond acceptors (Lipinski definition) is 3. The first-order valence-corrected chi connectivity index (χ1v) is 5.81. The molecule has 1 N–H and O–H groups in total. The van der Waals surface area contributed by atoms with Gasteiger partial charge in [-0.1, -0.05) is 18.2 Å². The number of carbonyl (C=O) groups is 1. The van der Waals surface area contributed by atoms with Crippen LogP contribution in [0.4, 0.5) is 0 Å². The summed E-state index contributed by atoms with van der Waals surface area (Å²) in [7, 11) is 0. The number of ether oxygens (including phenoxy) is 1. The standard InChI is InChI=1S/C14H19NO2/c1-4-10-15-11(3)14(16)12-8-6-7-9-13(12)17-5-2/h4,6-9,11,15H,1,5,10H2,2-3H3. The SMILES string of the molecule is C=CCNC(C)C(=O)c1ccccc1OCC. The molecule has 92 valence electrons. The predicted molar refractivity (Wildman–Crippen MR) is 69.6 cm³/mol. The average Bonchev–Trinajstić information content (AvgIpc) is 2.36. The van der Waals surface area contributed by atoms with E-state index in [-0.39, 0.29) is 11.8 Å². The highest BCUT2D eigenvalue weighted by molar-refractivity contribution is 6.02. The van der Waals surface area contributed by atoms with E-state index >= 15 is 0 Å². The topological polar surface area (TPSA) is 38.3 Å². The third-order valence-corrected chi connectivity index (χ3v) is 2.41. The summed E-state index contributed by atoms with van der Waals surface area (Å²) >= 11 is 0. The molecule has 0 spiro atoms. The molecule has 0 aliphatic carbocycles. The Morgan fingerprint density at radius 3 is 2.88 bits per heavy atom. The molecule has 17 heavy (non-hydrogen) atoms. The molecule has 0 heterocycles. The second kappa shape index (κ2) is 6.86. The van der Waals surface area contributed by atoms with Crippen LogP contribution < -0.4 is 10.1 Å². The molecule has 3 nitrogen and oxygen atoms in total. The summed E-state index contributed by atoms with van der Waals surface area (Å²) in [6.07, 6.45) is 1.73. The molecule has 0 aromatic heterocycles. The summed E-state index contributed by atoms with van der Waals surface area (Å²) in [4.78, 5) is 12.2. The molecule has 0 saturated heterocycles. The zero-order valence-corrected chi connectivity index (χ0v) is 10.4. The fourth-order valence-corrected chi connectivity index (χ4v) is 1.54. The second-order valence-electron chi connectivity index (χ2n) is 3.71. The van der Waals surface area contributed by atoms with Crippen molar-refractivity contribution in [2.75, 3.05) is 13.2 Å². The number of rotatable bonds is 7. The zero-order valence-electron chi connectivity index (χ0n) is 10.4. The predicted octanol–water partition coefficient (Wildman–Crippen LogP) is 2.43. The molecule has 0 bridgehead atoms. The number of hydrogen-bond donors (Lipinski definition) is 1. The van der Waals surface area contributed by atoms with Gasteiger partial charge in [0.05, 0.1) is 18.2 Å². The first kappa shape index (κ1) is 13.5. The maximum absolute atomic E-state index is 12.2. The molecule has 0 radical (unpaired) electrons. The molecule has 0 fully saturated rings. The smallest absolute Gasteiger partial charge is 0.183 e. The Morgan fingerprint density at radius 2 is 2.24 bits per heavy atom. The van der Waals surface area contributed by atoms with Crippen LogP contribution >= 0.6 is 0 Å². The van der Waals surface area contributed by atoms with Gasteiger partial charge in [-0.25, -0.2) is 0 Å². The quantitative estimate of drug-likeness (QED) is 0.580. The monoisotopic (exact) mass is 233 g/mol. The molecular formula is C14H19NO2. The Labute approximate surface area is 102 Å². The van der Waals surface area contributed by atoms with Gasteiger partial charge in [0.15, 0.2) is 5.78 Å². The van der Waals surface area contributed by atoms with Crippen molar-refractivity contribution in [2.24, 2.45) is 0 Å². The number of benzene rings is 1. The molecule has 0 saturated carbocycles. The fourth-order valence-electron chi connectivity index (χ4n) is 1.54. The van der Waals surface area contributed by atoms with E-state index in [9.17, 15) is 4.79 Å². The van der Waals surface area contributed by atoms with Crippen LogP contribution in [0.5, 0.6) is 5.75 Å². The lowest BCUT2D eigenvalue weighted by atomic mass is 10.0. The molecule has 1 unspecified atom stereocenters. The van der Waals surface area contributed by atoms with E-state index in [1.54, 1.807) is 12.1 Å². The summed E-state index contributed by atoms with van der Waals surface area (Å²) in [6.45, 7) is 8.53. The Hall–Kier alpha value is -1.61. The van der Waals surface area contributed by atoms with Gasteiger partial charge in [0.2, 0.25) is 0 Å². The Balaban J connectivity index is 2.83. The van der Waals surface area contributed by atoms with E-state index in [0.29, 0.717) is 24.5 Å². The van der Waals surface area contributed by atoms with Crippen LogP contribution in [-0.4, -0.2) is 25.0 Å². The van der Waals surface area contributed by atoms with Crippen LogP contribution in [0, 0.1) is 0 Å². The Morgan fingerprint density at radius 1 is 1.53 bits per heavy atom. The van der Waals surface area contributed by atoms with Crippen LogP contribution in [0.2, 0.25) is 0 Å². The molecule has 1 aromatic rings. The number of para-hydroxylation sites is 1. The van der Waals surface area contributed by atoms with Gasteiger partial charge in [0.1, 0.15) is 5.75 Å². The Kier molecular flexibility index (Phi) is 5.43. The molecule has 1 atom stereocenters. The molecule has 1 aromatic carbocycles. The fraction of sp³-hybridized carbons (Fsp3) is 0.357. The van der Waals surface area contributed by atoms with E-state index in [4.69, 9.17) is 4.74 Å². The van der Waals surface area contributed by atoms with Crippen LogP contribution in [0.1, 0.15) is 24.2 Å². The van der Waals surface area contributed by atoms with E-state index in [2.05, 4.69) is 11.9 Å². The van der Waals surface area contributed by atoms with Crippen molar-refractivity contribution in [3.8, 4) is 5.75 Å². The van der Waals surface area contributed by atoms with Crippen LogP contribution in [0.3, 0.4) is 0 Å². The van der Waals surface area contributed by atoms with E-state index in [0.717, 1.165) is 0 Å². The van der Waals surface area contributed by atoms with Crippen LogP contribution in [0.25, 0.3) is 0 Å². The lowest BCUT2D eigenvalue weighted by Crippen LogP contribution is -2.34. The van der Waals surface area contributed by atoms with Gasteiger partial charge in [0, 0.05) is 6.54 Å². The molecule has 0 aliphatic heterocycles. The molecule has 0 aliphatic rings. The van der Waals surface area contributed by atoms with Crippen LogP contribution in [-0.2, 0) is 0 Å². The minimum Gasteiger partial charge on any atom is -0.493 e. The number of Topliss-reactive ketones (excluding diaryl/α,β-unsaturated/α-hetero) is 1. The first-order chi connectivity index (χ1) is 8.20. The normalized spacial score (nSPS) is 11.9. The van der Waals surface area contributed by atoms with E-state index < -0.39 is 0 Å². The lowest BCUT2D eigenvalue weighted by molar-refractivity contribution is 0.0949. The minimum atomic E-state index is -0.241. The van der Waals surface area contributed by atoms with Gasteiger partial charge in [-0.15, -0.1) is 6.58 Å². The number of ketones is 1. The highest BCUT2D eigenvalue weighted by Crippen LogP contribution is 2.19. The maximum atomic E-state index is 12.2. The second-order valence-corrected chi connectivity index (χ2v) is 3.71. The zero-order chi connectivity index (χ0) is 12.7. The van der Waals surface area contributed by atoms with Crippen molar-refractivity contribution in [1.82, 2.24) is 5.32 Å².